The standard InChI is InChI=1S/C12H13BrClN3/c1-8-11(14)7-17(16-8)12(6-15)9-4-2-3-5-10(9)13/h2-5,7,12H,6,15H2,1H3. The summed E-state index contributed by atoms with van der Waals surface area (Å²) < 4.78 is 2.84. The molecule has 0 saturated heterocycles. The molecule has 0 aliphatic rings. The predicted octanol–water partition coefficient (Wildman–Crippen LogP) is 3.16. The van der Waals surface area contributed by atoms with Crippen LogP contribution < -0.4 is 5.73 Å². The lowest BCUT2D eigenvalue weighted by atomic mass is 10.1. The third-order valence-electron chi connectivity index (χ3n) is 2.66. The van der Waals surface area contributed by atoms with Crippen molar-refractivity contribution in [3.63, 3.8) is 0 Å². The lowest BCUT2D eigenvalue weighted by Crippen LogP contribution is -2.21. The first-order chi connectivity index (χ1) is 8.13. The summed E-state index contributed by atoms with van der Waals surface area (Å²) in [5.74, 6) is 0. The number of aryl methyl sites for hydroxylation is 1. The van der Waals surface area contributed by atoms with Crippen molar-refractivity contribution in [1.29, 1.82) is 0 Å². The van der Waals surface area contributed by atoms with Gasteiger partial charge in [0.05, 0.1) is 16.8 Å². The largest absolute Gasteiger partial charge is 0.328 e. The molecule has 1 atom stereocenters. The van der Waals surface area contributed by atoms with Crippen LogP contribution in [0.25, 0.3) is 0 Å². The van der Waals surface area contributed by atoms with Crippen LogP contribution in [0, 0.1) is 6.92 Å². The Bertz CT molecular complexity index is 505. The van der Waals surface area contributed by atoms with E-state index in [1.165, 1.54) is 0 Å². The van der Waals surface area contributed by atoms with Crippen LogP contribution in [0.5, 0.6) is 0 Å². The van der Waals surface area contributed by atoms with E-state index in [1.807, 2.05) is 42.1 Å². The molecule has 0 aliphatic heterocycles. The number of nitrogens with zero attached hydrogens (tertiary/aromatic N) is 2. The number of halogens is 2. The quantitative estimate of drug-likeness (QED) is 0.946. The summed E-state index contributed by atoms with van der Waals surface area (Å²) in [5, 5.41) is 5.05. The molecule has 0 saturated carbocycles. The average molecular weight is 315 g/mol. The fourth-order valence-electron chi connectivity index (χ4n) is 1.74. The number of hydrogen-bond acceptors (Lipinski definition) is 2. The molecule has 0 bridgehead atoms. The normalized spacial score (nSPS) is 12.7. The second kappa shape index (κ2) is 5.21. The SMILES string of the molecule is Cc1nn(C(CN)c2ccccc2Br)cc1Cl. The van der Waals surface area contributed by atoms with Gasteiger partial charge in [0.2, 0.25) is 0 Å². The lowest BCUT2D eigenvalue weighted by Gasteiger charge is -2.17. The highest BCUT2D eigenvalue weighted by atomic mass is 79.9. The molecule has 90 valence electrons. The molecule has 1 aromatic heterocycles. The minimum absolute atomic E-state index is 0.00299. The molecule has 1 unspecified atom stereocenters. The number of hydrogen-bond donors (Lipinski definition) is 1. The molecular formula is C12H13BrClN3. The van der Waals surface area contributed by atoms with E-state index in [2.05, 4.69) is 21.0 Å². The monoisotopic (exact) mass is 313 g/mol. The van der Waals surface area contributed by atoms with E-state index in [4.69, 9.17) is 17.3 Å². The Balaban J connectivity index is 2.44. The number of rotatable bonds is 3. The van der Waals surface area contributed by atoms with Gasteiger partial charge >= 0.3 is 0 Å². The first kappa shape index (κ1) is 12.6. The van der Waals surface area contributed by atoms with Crippen molar-refractivity contribution >= 4 is 27.5 Å². The van der Waals surface area contributed by atoms with Crippen molar-refractivity contribution < 1.29 is 0 Å². The Morgan fingerprint density at radius 2 is 2.18 bits per heavy atom. The summed E-state index contributed by atoms with van der Waals surface area (Å²) >= 11 is 9.55. The average Bonchev–Trinajstić information content (AvgIpc) is 2.63. The smallest absolute Gasteiger partial charge is 0.0902 e. The zero-order chi connectivity index (χ0) is 12.4. The summed E-state index contributed by atoms with van der Waals surface area (Å²) in [5.41, 5.74) is 7.76. The minimum Gasteiger partial charge on any atom is -0.328 e. The summed E-state index contributed by atoms with van der Waals surface area (Å²) in [4.78, 5) is 0. The van der Waals surface area contributed by atoms with Crippen LogP contribution in [-0.4, -0.2) is 16.3 Å². The van der Waals surface area contributed by atoms with E-state index in [0.717, 1.165) is 15.7 Å². The van der Waals surface area contributed by atoms with E-state index in [0.29, 0.717) is 11.6 Å². The third-order valence-corrected chi connectivity index (χ3v) is 3.76. The van der Waals surface area contributed by atoms with Crippen LogP contribution in [-0.2, 0) is 0 Å². The Labute approximate surface area is 114 Å². The number of aromatic nitrogens is 2. The van der Waals surface area contributed by atoms with Gasteiger partial charge in [0.15, 0.2) is 0 Å². The first-order valence-corrected chi connectivity index (χ1v) is 6.46. The van der Waals surface area contributed by atoms with Crippen molar-refractivity contribution in [3.05, 3.63) is 51.2 Å². The number of benzene rings is 1. The van der Waals surface area contributed by atoms with Gasteiger partial charge in [-0.05, 0) is 18.6 Å². The molecule has 2 rings (SSSR count). The number of nitrogens with two attached hydrogens (primary N) is 1. The van der Waals surface area contributed by atoms with Gasteiger partial charge in [0, 0.05) is 17.2 Å². The molecule has 2 aromatic rings. The predicted molar refractivity (Wildman–Crippen MR) is 73.3 cm³/mol. The fourth-order valence-corrected chi connectivity index (χ4v) is 2.43. The molecule has 17 heavy (non-hydrogen) atoms. The Morgan fingerprint density at radius 1 is 1.47 bits per heavy atom. The molecule has 0 aliphatic carbocycles. The third kappa shape index (κ3) is 2.54. The van der Waals surface area contributed by atoms with Crippen molar-refractivity contribution in [1.82, 2.24) is 9.78 Å². The molecule has 2 N–H and O–H groups in total. The first-order valence-electron chi connectivity index (χ1n) is 5.29. The summed E-state index contributed by atoms with van der Waals surface area (Å²) in [6.07, 6.45) is 1.81. The Hall–Kier alpha value is -0.840. The van der Waals surface area contributed by atoms with Crippen molar-refractivity contribution in [3.8, 4) is 0 Å². The highest BCUT2D eigenvalue weighted by molar-refractivity contribution is 9.10. The van der Waals surface area contributed by atoms with Crippen LogP contribution in [0.15, 0.2) is 34.9 Å². The van der Waals surface area contributed by atoms with Gasteiger partial charge in [-0.2, -0.15) is 5.10 Å². The van der Waals surface area contributed by atoms with E-state index < -0.39 is 0 Å². The van der Waals surface area contributed by atoms with Gasteiger partial charge in [0.1, 0.15) is 0 Å². The molecule has 0 fully saturated rings. The molecule has 3 nitrogen and oxygen atoms in total. The Kier molecular flexibility index (Phi) is 3.86. The molecule has 0 spiro atoms. The van der Waals surface area contributed by atoms with Gasteiger partial charge < -0.3 is 5.73 Å². The maximum Gasteiger partial charge on any atom is 0.0902 e. The maximum absolute atomic E-state index is 6.02. The van der Waals surface area contributed by atoms with Gasteiger partial charge in [0.25, 0.3) is 0 Å². The summed E-state index contributed by atoms with van der Waals surface area (Å²) in [6.45, 7) is 2.35. The van der Waals surface area contributed by atoms with E-state index in [1.54, 1.807) is 0 Å². The minimum atomic E-state index is -0.00299. The zero-order valence-electron chi connectivity index (χ0n) is 9.40. The van der Waals surface area contributed by atoms with Gasteiger partial charge in [-0.15, -0.1) is 0 Å². The highest BCUT2D eigenvalue weighted by Gasteiger charge is 2.16. The topological polar surface area (TPSA) is 43.8 Å². The fraction of sp³-hybridized carbons (Fsp3) is 0.250. The van der Waals surface area contributed by atoms with E-state index in [-0.39, 0.29) is 6.04 Å². The summed E-state index contributed by atoms with van der Waals surface area (Å²) in [6, 6.07) is 7.99. The maximum atomic E-state index is 6.02. The summed E-state index contributed by atoms with van der Waals surface area (Å²) in [7, 11) is 0. The van der Waals surface area contributed by atoms with Crippen LogP contribution in [0.3, 0.4) is 0 Å². The van der Waals surface area contributed by atoms with Crippen LogP contribution in [0.2, 0.25) is 5.02 Å². The van der Waals surface area contributed by atoms with E-state index in [9.17, 15) is 0 Å². The van der Waals surface area contributed by atoms with Crippen LogP contribution in [0.1, 0.15) is 17.3 Å². The second-order valence-corrected chi connectivity index (χ2v) is 5.08. The van der Waals surface area contributed by atoms with Crippen molar-refractivity contribution in [2.45, 2.75) is 13.0 Å². The van der Waals surface area contributed by atoms with Gasteiger partial charge in [-0.25, -0.2) is 0 Å². The molecule has 0 amide bonds. The Morgan fingerprint density at radius 3 is 2.71 bits per heavy atom. The highest BCUT2D eigenvalue weighted by Crippen LogP contribution is 2.26. The molecule has 5 heteroatoms. The van der Waals surface area contributed by atoms with Crippen molar-refractivity contribution in [2.75, 3.05) is 6.54 Å². The molecule has 0 radical (unpaired) electrons. The van der Waals surface area contributed by atoms with Crippen LogP contribution >= 0.6 is 27.5 Å². The van der Waals surface area contributed by atoms with Gasteiger partial charge in [-0.3, -0.25) is 4.68 Å². The molecule has 1 aromatic carbocycles. The molecule has 1 heterocycles. The second-order valence-electron chi connectivity index (χ2n) is 3.82. The zero-order valence-corrected chi connectivity index (χ0v) is 11.7. The molecular weight excluding hydrogens is 302 g/mol. The lowest BCUT2D eigenvalue weighted by molar-refractivity contribution is 0.527. The van der Waals surface area contributed by atoms with Crippen molar-refractivity contribution in [2.24, 2.45) is 5.73 Å². The van der Waals surface area contributed by atoms with Crippen LogP contribution in [0.4, 0.5) is 0 Å². The van der Waals surface area contributed by atoms with Gasteiger partial charge in [-0.1, -0.05) is 45.7 Å². The van der Waals surface area contributed by atoms with E-state index >= 15 is 0 Å².